The van der Waals surface area contributed by atoms with Crippen LogP contribution in [0.25, 0.3) is 0 Å². The lowest BCUT2D eigenvalue weighted by atomic mass is 9.58. The predicted molar refractivity (Wildman–Crippen MR) is 104 cm³/mol. The third-order valence-electron chi connectivity index (χ3n) is 7.91. The fourth-order valence-electron chi connectivity index (χ4n) is 6.65. The zero-order valence-electron chi connectivity index (χ0n) is 15.5. The summed E-state index contributed by atoms with van der Waals surface area (Å²) in [6.45, 7) is 5.04. The minimum absolute atomic E-state index is 0.514. The molecule has 2 fully saturated rings. The molecule has 2 saturated carbocycles. The van der Waals surface area contributed by atoms with Crippen molar-refractivity contribution >= 4 is 0 Å². The SMILES string of the molecule is CCCCC(C)(C1CCC2C=CC=CC21)C1CCC2C=CC=CC21. The summed E-state index contributed by atoms with van der Waals surface area (Å²) in [7, 11) is 0. The lowest BCUT2D eigenvalue weighted by Crippen LogP contribution is -2.40. The number of hydrogen-bond donors (Lipinski definition) is 0. The molecule has 0 nitrogen and oxygen atoms in total. The topological polar surface area (TPSA) is 0 Å². The van der Waals surface area contributed by atoms with Gasteiger partial charge in [0.05, 0.1) is 0 Å². The average Bonchev–Trinajstić information content (AvgIpc) is 3.24. The van der Waals surface area contributed by atoms with Crippen LogP contribution in [0.5, 0.6) is 0 Å². The van der Waals surface area contributed by atoms with Crippen LogP contribution < -0.4 is 0 Å². The molecule has 0 N–H and O–H groups in total. The van der Waals surface area contributed by atoms with Crippen molar-refractivity contribution in [1.82, 2.24) is 0 Å². The monoisotopic (exact) mass is 322 g/mol. The zero-order chi connectivity index (χ0) is 16.6. The Bertz CT molecular complexity index is 517. The fourth-order valence-corrected chi connectivity index (χ4v) is 6.65. The molecule has 0 aromatic heterocycles. The Morgan fingerprint density at radius 2 is 1.25 bits per heavy atom. The van der Waals surface area contributed by atoms with Crippen molar-refractivity contribution in [2.45, 2.75) is 58.8 Å². The third kappa shape index (κ3) is 2.67. The highest BCUT2D eigenvalue weighted by atomic mass is 14.6. The van der Waals surface area contributed by atoms with E-state index in [0.29, 0.717) is 5.41 Å². The van der Waals surface area contributed by atoms with Gasteiger partial charge in [-0.2, -0.15) is 0 Å². The van der Waals surface area contributed by atoms with E-state index in [9.17, 15) is 0 Å². The standard InChI is InChI=1S/C24H34/c1-3-4-17-24(2,22-15-13-18-9-5-7-11-20(18)22)23-16-14-19-10-6-8-12-21(19)23/h5-12,18-23H,3-4,13-17H2,1-2H3. The summed E-state index contributed by atoms with van der Waals surface area (Å²) < 4.78 is 0. The Balaban J connectivity index is 1.63. The van der Waals surface area contributed by atoms with Gasteiger partial charge in [0.2, 0.25) is 0 Å². The molecule has 130 valence electrons. The Hall–Kier alpha value is -1.04. The van der Waals surface area contributed by atoms with Gasteiger partial charge >= 0.3 is 0 Å². The van der Waals surface area contributed by atoms with Crippen LogP contribution in [0.4, 0.5) is 0 Å². The molecule has 0 radical (unpaired) electrons. The van der Waals surface area contributed by atoms with E-state index in [1.165, 1.54) is 44.9 Å². The maximum Gasteiger partial charge on any atom is -0.0134 e. The number of unbranched alkanes of at least 4 members (excludes halogenated alkanes) is 1. The molecule has 0 spiro atoms. The van der Waals surface area contributed by atoms with E-state index in [1.54, 1.807) is 0 Å². The molecule has 6 atom stereocenters. The van der Waals surface area contributed by atoms with Crippen LogP contribution in [0.1, 0.15) is 58.8 Å². The van der Waals surface area contributed by atoms with E-state index in [4.69, 9.17) is 0 Å². The van der Waals surface area contributed by atoms with Gasteiger partial charge < -0.3 is 0 Å². The molecule has 0 aliphatic heterocycles. The second-order valence-corrected chi connectivity index (χ2v) is 9.00. The molecule has 0 saturated heterocycles. The minimum atomic E-state index is 0.514. The number of allylic oxidation sites excluding steroid dienone is 8. The molecule has 0 aromatic carbocycles. The first kappa shape index (κ1) is 16.4. The molecule has 4 rings (SSSR count). The minimum Gasteiger partial charge on any atom is -0.0808 e. The number of fused-ring (bicyclic) bond motifs is 2. The van der Waals surface area contributed by atoms with Crippen molar-refractivity contribution < 1.29 is 0 Å². The third-order valence-corrected chi connectivity index (χ3v) is 7.91. The summed E-state index contributed by atoms with van der Waals surface area (Å²) in [5.41, 5.74) is 0.514. The van der Waals surface area contributed by atoms with E-state index < -0.39 is 0 Å². The number of hydrogen-bond acceptors (Lipinski definition) is 0. The summed E-state index contributed by atoms with van der Waals surface area (Å²) in [6, 6.07) is 0. The zero-order valence-corrected chi connectivity index (χ0v) is 15.5. The maximum absolute atomic E-state index is 2.68. The van der Waals surface area contributed by atoms with Gasteiger partial charge in [-0.15, -0.1) is 0 Å². The van der Waals surface area contributed by atoms with Crippen molar-refractivity contribution in [1.29, 1.82) is 0 Å². The molecule has 0 heteroatoms. The molecule has 4 aliphatic carbocycles. The fraction of sp³-hybridized carbons (Fsp3) is 0.667. The van der Waals surface area contributed by atoms with E-state index >= 15 is 0 Å². The summed E-state index contributed by atoms with van der Waals surface area (Å²) in [6.07, 6.45) is 29.2. The Kier molecular flexibility index (Phi) is 4.58. The summed E-state index contributed by atoms with van der Waals surface area (Å²) in [5.74, 6) is 5.02. The predicted octanol–water partition coefficient (Wildman–Crippen LogP) is 6.72. The normalized spacial score (nSPS) is 42.1. The Labute approximate surface area is 148 Å². The van der Waals surface area contributed by atoms with Gasteiger partial charge in [-0.3, -0.25) is 0 Å². The van der Waals surface area contributed by atoms with Crippen molar-refractivity contribution in [2.24, 2.45) is 40.9 Å². The Morgan fingerprint density at radius 3 is 1.75 bits per heavy atom. The Morgan fingerprint density at radius 1 is 0.750 bits per heavy atom. The molecule has 24 heavy (non-hydrogen) atoms. The molecule has 0 bridgehead atoms. The molecule has 0 heterocycles. The molecule has 0 aromatic rings. The second kappa shape index (κ2) is 6.70. The lowest BCUT2D eigenvalue weighted by Gasteiger charge is -2.47. The van der Waals surface area contributed by atoms with Crippen LogP contribution in [0.15, 0.2) is 48.6 Å². The van der Waals surface area contributed by atoms with Gasteiger partial charge in [-0.05, 0) is 73.0 Å². The van der Waals surface area contributed by atoms with Gasteiger partial charge in [0.15, 0.2) is 0 Å². The quantitative estimate of drug-likeness (QED) is 0.527. The van der Waals surface area contributed by atoms with Crippen LogP contribution in [0.3, 0.4) is 0 Å². The van der Waals surface area contributed by atoms with Crippen LogP contribution in [0, 0.1) is 40.9 Å². The highest BCUT2D eigenvalue weighted by molar-refractivity contribution is 5.22. The van der Waals surface area contributed by atoms with Gasteiger partial charge in [0, 0.05) is 0 Å². The average molecular weight is 323 g/mol. The molecule has 0 amide bonds. The van der Waals surface area contributed by atoms with Crippen LogP contribution >= 0.6 is 0 Å². The molecular formula is C24H34. The van der Waals surface area contributed by atoms with E-state index in [-0.39, 0.29) is 0 Å². The van der Waals surface area contributed by atoms with Gasteiger partial charge in [0.1, 0.15) is 0 Å². The molecule has 6 unspecified atom stereocenters. The summed E-state index contributed by atoms with van der Waals surface area (Å²) in [4.78, 5) is 0. The van der Waals surface area contributed by atoms with Gasteiger partial charge in [-0.25, -0.2) is 0 Å². The molecular weight excluding hydrogens is 288 g/mol. The van der Waals surface area contributed by atoms with Gasteiger partial charge in [0.25, 0.3) is 0 Å². The highest BCUT2D eigenvalue weighted by Gasteiger charge is 2.52. The van der Waals surface area contributed by atoms with Crippen molar-refractivity contribution in [3.05, 3.63) is 48.6 Å². The smallest absolute Gasteiger partial charge is 0.0134 e. The van der Waals surface area contributed by atoms with Crippen LogP contribution in [-0.4, -0.2) is 0 Å². The van der Waals surface area contributed by atoms with Crippen LogP contribution in [-0.2, 0) is 0 Å². The van der Waals surface area contributed by atoms with Gasteiger partial charge in [-0.1, -0.05) is 75.3 Å². The van der Waals surface area contributed by atoms with Crippen molar-refractivity contribution in [2.75, 3.05) is 0 Å². The maximum atomic E-state index is 2.68. The molecule has 4 aliphatic rings. The number of rotatable bonds is 5. The van der Waals surface area contributed by atoms with Crippen molar-refractivity contribution in [3.8, 4) is 0 Å². The van der Waals surface area contributed by atoms with Crippen molar-refractivity contribution in [3.63, 3.8) is 0 Å². The highest BCUT2D eigenvalue weighted by Crippen LogP contribution is 2.60. The van der Waals surface area contributed by atoms with E-state index in [0.717, 1.165) is 35.5 Å². The summed E-state index contributed by atoms with van der Waals surface area (Å²) >= 11 is 0. The van der Waals surface area contributed by atoms with Crippen LogP contribution in [0.2, 0.25) is 0 Å². The van der Waals surface area contributed by atoms with E-state index in [1.807, 2.05) is 0 Å². The largest absolute Gasteiger partial charge is 0.0808 e. The summed E-state index contributed by atoms with van der Waals surface area (Å²) in [5, 5.41) is 0. The lowest BCUT2D eigenvalue weighted by molar-refractivity contribution is 0.0423. The first-order valence-corrected chi connectivity index (χ1v) is 10.4. The first-order chi connectivity index (χ1) is 11.7. The second-order valence-electron chi connectivity index (χ2n) is 9.00. The van der Waals surface area contributed by atoms with E-state index in [2.05, 4.69) is 62.5 Å². The first-order valence-electron chi connectivity index (χ1n) is 10.4.